The summed E-state index contributed by atoms with van der Waals surface area (Å²) < 4.78 is 43.4. The van der Waals surface area contributed by atoms with Crippen molar-refractivity contribution in [2.24, 2.45) is 0 Å². The standard InChI is InChI=1S/C17H10ClF3O2/c18-15-9-12(17(19,20)21)3-6-16(15)23-14-5-2-10-7-13(22)4-1-11(10)8-14/h1-9,22H. The predicted octanol–water partition coefficient (Wildman–Crippen LogP) is 6.01. The molecular weight excluding hydrogens is 329 g/mol. The number of rotatable bonds is 2. The summed E-state index contributed by atoms with van der Waals surface area (Å²) in [5.41, 5.74) is -0.830. The highest BCUT2D eigenvalue weighted by atomic mass is 35.5. The minimum atomic E-state index is -4.45. The van der Waals surface area contributed by atoms with Crippen LogP contribution in [0, 0.1) is 0 Å². The summed E-state index contributed by atoms with van der Waals surface area (Å²) in [6, 6.07) is 12.9. The van der Waals surface area contributed by atoms with Crippen LogP contribution in [-0.2, 0) is 6.18 Å². The van der Waals surface area contributed by atoms with Gasteiger partial charge in [0.15, 0.2) is 0 Å². The van der Waals surface area contributed by atoms with Crippen molar-refractivity contribution < 1.29 is 23.0 Å². The number of benzene rings is 3. The molecule has 0 bridgehead atoms. The first-order valence-electron chi connectivity index (χ1n) is 6.60. The van der Waals surface area contributed by atoms with Crippen LogP contribution >= 0.6 is 11.6 Å². The molecule has 0 aromatic heterocycles. The number of halogens is 4. The molecule has 0 aliphatic carbocycles. The minimum absolute atomic E-state index is 0.120. The molecule has 0 atom stereocenters. The van der Waals surface area contributed by atoms with Gasteiger partial charge in [-0.2, -0.15) is 13.2 Å². The van der Waals surface area contributed by atoms with Gasteiger partial charge in [-0.3, -0.25) is 0 Å². The lowest BCUT2D eigenvalue weighted by Crippen LogP contribution is -2.04. The van der Waals surface area contributed by atoms with E-state index in [2.05, 4.69) is 0 Å². The summed E-state index contributed by atoms with van der Waals surface area (Å²) >= 11 is 5.87. The summed E-state index contributed by atoms with van der Waals surface area (Å²) in [7, 11) is 0. The normalized spacial score (nSPS) is 11.7. The number of phenolic OH excluding ortho intramolecular Hbond substituents is 1. The fourth-order valence-corrected chi connectivity index (χ4v) is 2.38. The van der Waals surface area contributed by atoms with Crippen LogP contribution in [0.3, 0.4) is 0 Å². The van der Waals surface area contributed by atoms with Crippen molar-refractivity contribution in [2.75, 3.05) is 0 Å². The van der Waals surface area contributed by atoms with Crippen LogP contribution in [0.1, 0.15) is 5.56 Å². The van der Waals surface area contributed by atoms with Crippen molar-refractivity contribution >= 4 is 22.4 Å². The van der Waals surface area contributed by atoms with Crippen LogP contribution in [0.15, 0.2) is 54.6 Å². The summed E-state index contributed by atoms with van der Waals surface area (Å²) in [6.07, 6.45) is -4.45. The Balaban J connectivity index is 1.91. The van der Waals surface area contributed by atoms with Crippen LogP contribution in [0.5, 0.6) is 17.2 Å². The van der Waals surface area contributed by atoms with Crippen molar-refractivity contribution in [2.45, 2.75) is 6.18 Å². The molecule has 0 aliphatic heterocycles. The molecule has 0 saturated carbocycles. The Morgan fingerprint density at radius 3 is 2.26 bits per heavy atom. The monoisotopic (exact) mass is 338 g/mol. The smallest absolute Gasteiger partial charge is 0.416 e. The molecule has 0 radical (unpaired) electrons. The highest BCUT2D eigenvalue weighted by Crippen LogP contribution is 2.37. The quantitative estimate of drug-likeness (QED) is 0.620. The molecule has 0 unspecified atom stereocenters. The van der Waals surface area contributed by atoms with E-state index in [0.717, 1.165) is 22.9 Å². The molecule has 3 aromatic carbocycles. The average Bonchev–Trinajstić information content (AvgIpc) is 2.48. The largest absolute Gasteiger partial charge is 0.508 e. The van der Waals surface area contributed by atoms with Gasteiger partial charge >= 0.3 is 6.18 Å². The number of hydrogen-bond acceptors (Lipinski definition) is 2. The van der Waals surface area contributed by atoms with Crippen molar-refractivity contribution in [3.05, 3.63) is 65.2 Å². The van der Waals surface area contributed by atoms with Crippen LogP contribution in [0.4, 0.5) is 13.2 Å². The predicted molar refractivity (Wildman–Crippen MR) is 82.1 cm³/mol. The van der Waals surface area contributed by atoms with E-state index in [0.29, 0.717) is 5.75 Å². The molecular formula is C17H10ClF3O2. The van der Waals surface area contributed by atoms with Gasteiger partial charge in [0, 0.05) is 0 Å². The lowest BCUT2D eigenvalue weighted by molar-refractivity contribution is -0.137. The minimum Gasteiger partial charge on any atom is -0.508 e. The molecule has 23 heavy (non-hydrogen) atoms. The summed E-state index contributed by atoms with van der Waals surface area (Å²) in [5, 5.41) is 10.9. The molecule has 1 N–H and O–H groups in total. The number of hydrogen-bond donors (Lipinski definition) is 1. The van der Waals surface area contributed by atoms with E-state index in [4.69, 9.17) is 16.3 Å². The molecule has 6 heteroatoms. The molecule has 118 valence electrons. The molecule has 0 spiro atoms. The molecule has 0 heterocycles. The van der Waals surface area contributed by atoms with Gasteiger partial charge < -0.3 is 9.84 Å². The first-order valence-corrected chi connectivity index (χ1v) is 6.98. The van der Waals surface area contributed by atoms with E-state index in [1.165, 1.54) is 12.1 Å². The average molecular weight is 339 g/mol. The van der Waals surface area contributed by atoms with Gasteiger partial charge in [-0.15, -0.1) is 0 Å². The molecule has 0 fully saturated rings. The van der Waals surface area contributed by atoms with Gasteiger partial charge in [0.05, 0.1) is 10.6 Å². The van der Waals surface area contributed by atoms with Gasteiger partial charge in [-0.1, -0.05) is 23.7 Å². The van der Waals surface area contributed by atoms with E-state index in [1.807, 2.05) is 0 Å². The second kappa shape index (κ2) is 5.66. The van der Waals surface area contributed by atoms with Gasteiger partial charge in [0.25, 0.3) is 0 Å². The Morgan fingerprint density at radius 1 is 0.870 bits per heavy atom. The van der Waals surface area contributed by atoms with Crippen LogP contribution < -0.4 is 4.74 Å². The highest BCUT2D eigenvalue weighted by molar-refractivity contribution is 6.32. The SMILES string of the molecule is Oc1ccc2cc(Oc3ccc(C(F)(F)F)cc3Cl)ccc2c1. The maximum atomic E-state index is 12.6. The Morgan fingerprint density at radius 2 is 1.57 bits per heavy atom. The van der Waals surface area contributed by atoms with E-state index >= 15 is 0 Å². The second-order valence-electron chi connectivity index (χ2n) is 4.94. The van der Waals surface area contributed by atoms with Crippen molar-refractivity contribution in [1.29, 1.82) is 0 Å². The maximum absolute atomic E-state index is 12.6. The number of phenols is 1. The van der Waals surface area contributed by atoms with E-state index in [9.17, 15) is 18.3 Å². The molecule has 0 saturated heterocycles. The number of fused-ring (bicyclic) bond motifs is 1. The Labute approximate surface area is 134 Å². The summed E-state index contributed by atoms with van der Waals surface area (Å²) in [4.78, 5) is 0. The number of ether oxygens (including phenoxy) is 1. The molecule has 3 rings (SSSR count). The second-order valence-corrected chi connectivity index (χ2v) is 5.35. The first kappa shape index (κ1) is 15.5. The fraction of sp³-hybridized carbons (Fsp3) is 0.0588. The maximum Gasteiger partial charge on any atom is 0.416 e. The third kappa shape index (κ3) is 3.35. The highest BCUT2D eigenvalue weighted by Gasteiger charge is 2.31. The Kier molecular flexibility index (Phi) is 3.82. The lowest BCUT2D eigenvalue weighted by Gasteiger charge is -2.11. The number of alkyl halides is 3. The van der Waals surface area contributed by atoms with E-state index in [-0.39, 0.29) is 16.5 Å². The van der Waals surface area contributed by atoms with Crippen LogP contribution in [0.25, 0.3) is 10.8 Å². The number of aromatic hydroxyl groups is 1. The van der Waals surface area contributed by atoms with Crippen molar-refractivity contribution in [3.8, 4) is 17.2 Å². The zero-order valence-electron chi connectivity index (χ0n) is 11.6. The molecule has 0 aliphatic rings. The Bertz CT molecular complexity index is 875. The first-order chi connectivity index (χ1) is 10.8. The lowest BCUT2D eigenvalue weighted by atomic mass is 10.1. The zero-order valence-corrected chi connectivity index (χ0v) is 12.3. The van der Waals surface area contributed by atoms with E-state index in [1.54, 1.807) is 30.3 Å². The molecule has 2 nitrogen and oxygen atoms in total. The van der Waals surface area contributed by atoms with Gasteiger partial charge in [0.2, 0.25) is 0 Å². The fourth-order valence-electron chi connectivity index (χ4n) is 2.16. The topological polar surface area (TPSA) is 29.5 Å². The van der Waals surface area contributed by atoms with Crippen LogP contribution in [0.2, 0.25) is 5.02 Å². The van der Waals surface area contributed by atoms with Gasteiger partial charge in [0.1, 0.15) is 17.2 Å². The third-order valence-electron chi connectivity index (χ3n) is 3.28. The van der Waals surface area contributed by atoms with Crippen LogP contribution in [-0.4, -0.2) is 5.11 Å². The van der Waals surface area contributed by atoms with Gasteiger partial charge in [-0.25, -0.2) is 0 Å². The summed E-state index contributed by atoms with van der Waals surface area (Å²) in [5.74, 6) is 0.722. The summed E-state index contributed by atoms with van der Waals surface area (Å²) in [6.45, 7) is 0. The molecule has 0 amide bonds. The Hall–Kier alpha value is -2.40. The third-order valence-corrected chi connectivity index (χ3v) is 3.58. The van der Waals surface area contributed by atoms with Crippen molar-refractivity contribution in [3.63, 3.8) is 0 Å². The van der Waals surface area contributed by atoms with Crippen molar-refractivity contribution in [1.82, 2.24) is 0 Å². The zero-order chi connectivity index (χ0) is 16.6. The van der Waals surface area contributed by atoms with Gasteiger partial charge in [-0.05, 0) is 53.2 Å². The van der Waals surface area contributed by atoms with E-state index < -0.39 is 11.7 Å². The molecule has 3 aromatic rings.